The first kappa shape index (κ1) is 14.8. The molecular weight excluding hydrogens is 257 g/mol. The quantitative estimate of drug-likeness (QED) is 0.718. The summed E-state index contributed by atoms with van der Waals surface area (Å²) in [6.45, 7) is 9.90. The van der Waals surface area contributed by atoms with E-state index in [9.17, 15) is 9.18 Å². The maximum atomic E-state index is 13.9. The van der Waals surface area contributed by atoms with Gasteiger partial charge in [0.2, 0.25) is 0 Å². The summed E-state index contributed by atoms with van der Waals surface area (Å²) >= 11 is 0. The van der Waals surface area contributed by atoms with Gasteiger partial charge in [-0.3, -0.25) is 0 Å². The predicted molar refractivity (Wildman–Crippen MR) is 76.2 cm³/mol. The fourth-order valence-corrected chi connectivity index (χ4v) is 2.74. The highest BCUT2D eigenvalue weighted by Crippen LogP contribution is 2.34. The van der Waals surface area contributed by atoms with Crippen molar-refractivity contribution >= 4 is 6.09 Å². The molecule has 1 unspecified atom stereocenters. The highest BCUT2D eigenvalue weighted by Gasteiger charge is 2.32. The van der Waals surface area contributed by atoms with Gasteiger partial charge in [0.1, 0.15) is 11.4 Å². The molecule has 4 heteroatoms. The molecule has 0 aliphatic carbocycles. The lowest BCUT2D eigenvalue weighted by molar-refractivity contribution is 0.0157. The first-order valence-electron chi connectivity index (χ1n) is 6.98. The predicted octanol–water partition coefficient (Wildman–Crippen LogP) is 3.99. The Labute approximate surface area is 119 Å². The summed E-state index contributed by atoms with van der Waals surface area (Å²) in [7, 11) is 0. The maximum absolute atomic E-state index is 13.9. The Bertz CT molecular complexity index is 534. The number of ether oxygens (including phenoxy) is 1. The van der Waals surface area contributed by atoms with Crippen LogP contribution < -0.4 is 0 Å². The van der Waals surface area contributed by atoms with Gasteiger partial charge in [-0.25, -0.2) is 9.18 Å². The van der Waals surface area contributed by atoms with E-state index in [-0.39, 0.29) is 18.0 Å². The van der Waals surface area contributed by atoms with E-state index in [0.29, 0.717) is 13.0 Å². The van der Waals surface area contributed by atoms with Crippen molar-refractivity contribution in [3.63, 3.8) is 0 Å². The molecule has 2 rings (SSSR count). The van der Waals surface area contributed by atoms with Gasteiger partial charge in [-0.2, -0.15) is 0 Å². The number of fused-ring (bicyclic) bond motifs is 1. The lowest BCUT2D eigenvalue weighted by Gasteiger charge is -2.37. The van der Waals surface area contributed by atoms with E-state index >= 15 is 0 Å². The SMILES string of the molecule is Cc1ccc(F)c2c1C(C)N(C(=O)OC(C)(C)C)CC2. The third-order valence-electron chi connectivity index (χ3n) is 3.63. The van der Waals surface area contributed by atoms with Crippen LogP contribution in [0.3, 0.4) is 0 Å². The Kier molecular flexibility index (Phi) is 3.76. The molecule has 1 aliphatic rings. The molecule has 0 spiro atoms. The Balaban J connectivity index is 2.30. The molecule has 0 saturated carbocycles. The number of carbonyl (C=O) groups excluding carboxylic acids is 1. The van der Waals surface area contributed by atoms with Crippen molar-refractivity contribution in [2.75, 3.05) is 6.54 Å². The zero-order valence-corrected chi connectivity index (χ0v) is 12.8. The van der Waals surface area contributed by atoms with Crippen LogP contribution in [0.5, 0.6) is 0 Å². The molecule has 20 heavy (non-hydrogen) atoms. The van der Waals surface area contributed by atoms with Gasteiger partial charge in [-0.05, 0) is 63.8 Å². The minimum Gasteiger partial charge on any atom is -0.444 e. The van der Waals surface area contributed by atoms with Crippen LogP contribution >= 0.6 is 0 Å². The summed E-state index contributed by atoms with van der Waals surface area (Å²) in [5.74, 6) is -0.179. The maximum Gasteiger partial charge on any atom is 0.410 e. The van der Waals surface area contributed by atoms with Crippen molar-refractivity contribution in [2.24, 2.45) is 0 Å². The summed E-state index contributed by atoms with van der Waals surface area (Å²) in [5.41, 5.74) is 2.15. The fourth-order valence-electron chi connectivity index (χ4n) is 2.74. The molecule has 1 heterocycles. The van der Waals surface area contributed by atoms with Gasteiger partial charge in [0.05, 0.1) is 6.04 Å². The van der Waals surface area contributed by atoms with Gasteiger partial charge in [-0.1, -0.05) is 6.07 Å². The largest absolute Gasteiger partial charge is 0.444 e. The second kappa shape index (κ2) is 5.08. The lowest BCUT2D eigenvalue weighted by Crippen LogP contribution is -2.42. The zero-order chi connectivity index (χ0) is 15.1. The fraction of sp³-hybridized carbons (Fsp3) is 0.562. The van der Waals surface area contributed by atoms with Gasteiger partial charge in [0, 0.05) is 6.54 Å². The van der Waals surface area contributed by atoms with Gasteiger partial charge < -0.3 is 9.64 Å². The van der Waals surface area contributed by atoms with Crippen LogP contribution in [0.4, 0.5) is 9.18 Å². The Morgan fingerprint density at radius 3 is 2.65 bits per heavy atom. The van der Waals surface area contributed by atoms with Crippen LogP contribution in [0.1, 0.15) is 50.4 Å². The van der Waals surface area contributed by atoms with Gasteiger partial charge in [0.15, 0.2) is 0 Å². The normalized spacial score (nSPS) is 18.7. The molecule has 0 radical (unpaired) electrons. The summed E-state index contributed by atoms with van der Waals surface area (Å²) in [6.07, 6.45) is 0.200. The van der Waals surface area contributed by atoms with Crippen LogP contribution in [-0.4, -0.2) is 23.1 Å². The summed E-state index contributed by atoms with van der Waals surface area (Å²) < 4.78 is 19.3. The van der Waals surface area contributed by atoms with Crippen LogP contribution in [0, 0.1) is 12.7 Å². The van der Waals surface area contributed by atoms with Crippen LogP contribution in [0.2, 0.25) is 0 Å². The van der Waals surface area contributed by atoms with Crippen molar-refractivity contribution in [3.8, 4) is 0 Å². The number of carbonyl (C=O) groups is 1. The van der Waals surface area contributed by atoms with Crippen LogP contribution in [0.15, 0.2) is 12.1 Å². The monoisotopic (exact) mass is 279 g/mol. The van der Waals surface area contributed by atoms with Gasteiger partial charge in [-0.15, -0.1) is 0 Å². The average Bonchev–Trinajstić information content (AvgIpc) is 2.31. The molecule has 0 aromatic heterocycles. The van der Waals surface area contributed by atoms with E-state index in [1.54, 1.807) is 11.0 Å². The standard InChI is InChI=1S/C16H22FNO2/c1-10-6-7-13(17)12-8-9-18(11(2)14(10)12)15(19)20-16(3,4)5/h6-7,11H,8-9H2,1-5H3. The topological polar surface area (TPSA) is 29.5 Å². The lowest BCUT2D eigenvalue weighted by atomic mass is 9.89. The smallest absolute Gasteiger partial charge is 0.410 e. The van der Waals surface area contributed by atoms with Crippen molar-refractivity contribution < 1.29 is 13.9 Å². The summed E-state index contributed by atoms with van der Waals surface area (Å²) in [4.78, 5) is 13.9. The highest BCUT2D eigenvalue weighted by molar-refractivity contribution is 5.69. The number of nitrogens with zero attached hydrogens (tertiary/aromatic N) is 1. The van der Waals surface area contributed by atoms with E-state index < -0.39 is 5.60 Å². The summed E-state index contributed by atoms with van der Waals surface area (Å²) in [6, 6.07) is 3.11. The second-order valence-corrected chi connectivity index (χ2v) is 6.36. The number of benzene rings is 1. The molecule has 1 amide bonds. The minimum atomic E-state index is -0.520. The van der Waals surface area contributed by atoms with Crippen molar-refractivity contribution in [1.82, 2.24) is 4.90 Å². The third-order valence-corrected chi connectivity index (χ3v) is 3.63. The Morgan fingerprint density at radius 1 is 1.40 bits per heavy atom. The van der Waals surface area contributed by atoms with E-state index in [4.69, 9.17) is 4.74 Å². The van der Waals surface area contributed by atoms with E-state index in [1.165, 1.54) is 6.07 Å². The van der Waals surface area contributed by atoms with Gasteiger partial charge >= 0.3 is 6.09 Å². The number of rotatable bonds is 0. The Morgan fingerprint density at radius 2 is 2.05 bits per heavy atom. The first-order valence-corrected chi connectivity index (χ1v) is 6.98. The Hall–Kier alpha value is -1.58. The molecule has 0 bridgehead atoms. The summed E-state index contributed by atoms with van der Waals surface area (Å²) in [5, 5.41) is 0. The highest BCUT2D eigenvalue weighted by atomic mass is 19.1. The van der Waals surface area contributed by atoms with E-state index in [0.717, 1.165) is 16.7 Å². The van der Waals surface area contributed by atoms with Crippen molar-refractivity contribution in [3.05, 3.63) is 34.6 Å². The molecule has 0 fully saturated rings. The molecular formula is C16H22FNO2. The zero-order valence-electron chi connectivity index (χ0n) is 12.8. The second-order valence-electron chi connectivity index (χ2n) is 6.36. The van der Waals surface area contributed by atoms with Crippen molar-refractivity contribution in [2.45, 2.75) is 52.7 Å². The number of amides is 1. The number of hydrogen-bond donors (Lipinski definition) is 0. The molecule has 1 aliphatic heterocycles. The minimum absolute atomic E-state index is 0.163. The van der Waals surface area contributed by atoms with Crippen LogP contribution in [-0.2, 0) is 11.2 Å². The van der Waals surface area contributed by atoms with E-state index in [2.05, 4.69) is 0 Å². The molecule has 1 aromatic carbocycles. The average molecular weight is 279 g/mol. The molecule has 1 atom stereocenters. The first-order chi connectivity index (χ1) is 9.20. The molecule has 1 aromatic rings. The number of halogens is 1. The number of hydrogen-bond acceptors (Lipinski definition) is 2. The van der Waals surface area contributed by atoms with Crippen molar-refractivity contribution in [1.29, 1.82) is 0 Å². The van der Waals surface area contributed by atoms with Gasteiger partial charge in [0.25, 0.3) is 0 Å². The number of aryl methyl sites for hydroxylation is 1. The molecule has 110 valence electrons. The van der Waals surface area contributed by atoms with E-state index in [1.807, 2.05) is 34.6 Å². The van der Waals surface area contributed by atoms with Crippen LogP contribution in [0.25, 0.3) is 0 Å². The molecule has 3 nitrogen and oxygen atoms in total. The molecule has 0 saturated heterocycles. The molecule has 0 N–H and O–H groups in total. The third kappa shape index (κ3) is 2.79.